The number of benzene rings is 1. The quantitative estimate of drug-likeness (QED) is 0.843. The Bertz CT molecular complexity index is 395. The Balaban J connectivity index is 2.42. The average Bonchev–Trinajstić information content (AvgIpc) is 2.20. The van der Waals surface area contributed by atoms with Crippen molar-refractivity contribution in [2.45, 2.75) is 18.7 Å². The molecule has 0 heterocycles. The molecule has 1 unspecified atom stereocenters. The van der Waals surface area contributed by atoms with E-state index in [1.54, 1.807) is 0 Å². The summed E-state index contributed by atoms with van der Waals surface area (Å²) in [5.74, 6) is -0.614. The van der Waals surface area contributed by atoms with Crippen molar-refractivity contribution in [3.05, 3.63) is 34.6 Å². The van der Waals surface area contributed by atoms with Crippen LogP contribution in [-0.2, 0) is 11.2 Å². The van der Waals surface area contributed by atoms with Crippen molar-refractivity contribution in [2.24, 2.45) is 0 Å². The molecule has 2 nitrogen and oxygen atoms in total. The van der Waals surface area contributed by atoms with Crippen molar-refractivity contribution in [2.75, 3.05) is 13.2 Å². The largest absolute Gasteiger partial charge is 0.411 e. The number of hydrogen-bond acceptors (Lipinski definition) is 2. The third-order valence-corrected chi connectivity index (χ3v) is 2.28. The van der Waals surface area contributed by atoms with E-state index >= 15 is 0 Å². The third-order valence-electron chi connectivity index (χ3n) is 2.05. The summed E-state index contributed by atoms with van der Waals surface area (Å²) in [5, 5.41) is 9.61. The molecule has 1 rings (SSSR count). The van der Waals surface area contributed by atoms with Gasteiger partial charge in [0.15, 0.2) is 0 Å². The summed E-state index contributed by atoms with van der Waals surface area (Å²) in [5.41, 5.74) is 0.169. The van der Waals surface area contributed by atoms with Crippen LogP contribution in [0.5, 0.6) is 0 Å². The highest BCUT2D eigenvalue weighted by Gasteiger charge is 2.27. The first kappa shape index (κ1) is 15.2. The van der Waals surface area contributed by atoms with Crippen LogP contribution in [0.25, 0.3) is 0 Å². The molecular formula is C11H11ClF4O2. The number of halogens is 5. The molecule has 0 saturated heterocycles. The maximum Gasteiger partial charge on any atom is 0.411 e. The van der Waals surface area contributed by atoms with Crippen LogP contribution in [0.15, 0.2) is 18.2 Å². The molecule has 0 aromatic heterocycles. The first-order valence-electron chi connectivity index (χ1n) is 5.04. The van der Waals surface area contributed by atoms with Crippen LogP contribution in [0.4, 0.5) is 17.6 Å². The first-order valence-corrected chi connectivity index (χ1v) is 5.42. The van der Waals surface area contributed by atoms with Crippen molar-refractivity contribution in [3.63, 3.8) is 0 Å². The molecule has 0 saturated carbocycles. The molecular weight excluding hydrogens is 276 g/mol. The minimum Gasteiger partial charge on any atom is -0.390 e. The zero-order valence-corrected chi connectivity index (χ0v) is 9.93. The van der Waals surface area contributed by atoms with E-state index in [4.69, 9.17) is 11.6 Å². The lowest BCUT2D eigenvalue weighted by atomic mass is 10.1. The Morgan fingerprint density at radius 2 is 2.00 bits per heavy atom. The molecule has 0 radical (unpaired) electrons. The molecule has 1 atom stereocenters. The fourth-order valence-corrected chi connectivity index (χ4v) is 1.47. The number of rotatable bonds is 5. The molecule has 18 heavy (non-hydrogen) atoms. The van der Waals surface area contributed by atoms with Crippen molar-refractivity contribution in [3.8, 4) is 0 Å². The van der Waals surface area contributed by atoms with E-state index in [-0.39, 0.29) is 17.0 Å². The van der Waals surface area contributed by atoms with Crippen LogP contribution >= 0.6 is 11.6 Å². The van der Waals surface area contributed by atoms with Gasteiger partial charge in [0.05, 0.1) is 12.7 Å². The van der Waals surface area contributed by atoms with Crippen LogP contribution in [-0.4, -0.2) is 30.6 Å². The minimum absolute atomic E-state index is 0.138. The molecule has 0 aliphatic heterocycles. The highest BCUT2D eigenvalue weighted by atomic mass is 35.5. The van der Waals surface area contributed by atoms with E-state index in [1.807, 2.05) is 0 Å². The zero-order chi connectivity index (χ0) is 13.8. The summed E-state index contributed by atoms with van der Waals surface area (Å²) in [7, 11) is 0. The summed E-state index contributed by atoms with van der Waals surface area (Å²) in [6.07, 6.45) is -5.78. The maximum atomic E-state index is 13.3. The van der Waals surface area contributed by atoms with Crippen LogP contribution < -0.4 is 0 Å². The van der Waals surface area contributed by atoms with Gasteiger partial charge in [-0.05, 0) is 17.7 Å². The fourth-order valence-electron chi connectivity index (χ4n) is 1.31. The van der Waals surface area contributed by atoms with Gasteiger partial charge in [-0.2, -0.15) is 13.2 Å². The van der Waals surface area contributed by atoms with E-state index in [9.17, 15) is 22.7 Å². The standard InChI is InChI=1S/C11H11ClF4O2/c12-8-2-1-7(10(13)4-8)3-9(17)5-18-6-11(14,15)16/h1-2,4,9,17H,3,5-6H2. The van der Waals surface area contributed by atoms with Gasteiger partial charge in [-0.1, -0.05) is 17.7 Å². The van der Waals surface area contributed by atoms with Gasteiger partial charge in [0.1, 0.15) is 12.4 Å². The maximum absolute atomic E-state index is 13.3. The molecule has 0 aliphatic carbocycles. The van der Waals surface area contributed by atoms with Crippen LogP contribution in [0.2, 0.25) is 5.02 Å². The number of ether oxygens (including phenoxy) is 1. The van der Waals surface area contributed by atoms with Gasteiger partial charge in [-0.3, -0.25) is 0 Å². The lowest BCUT2D eigenvalue weighted by Crippen LogP contribution is -2.24. The third kappa shape index (κ3) is 5.66. The second kappa shape index (κ2) is 6.36. The number of hydrogen-bond donors (Lipinski definition) is 1. The van der Waals surface area contributed by atoms with Crippen molar-refractivity contribution in [1.29, 1.82) is 0 Å². The minimum atomic E-state index is -4.44. The van der Waals surface area contributed by atoms with Crippen LogP contribution in [0.3, 0.4) is 0 Å². The van der Waals surface area contributed by atoms with Gasteiger partial charge in [-0.15, -0.1) is 0 Å². The van der Waals surface area contributed by atoms with E-state index < -0.39 is 31.3 Å². The molecule has 0 fully saturated rings. The highest BCUT2D eigenvalue weighted by molar-refractivity contribution is 6.30. The van der Waals surface area contributed by atoms with E-state index in [2.05, 4.69) is 4.74 Å². The highest BCUT2D eigenvalue weighted by Crippen LogP contribution is 2.17. The van der Waals surface area contributed by atoms with E-state index in [0.29, 0.717) is 0 Å². The molecule has 1 aromatic rings. The molecule has 0 aliphatic rings. The Kier molecular flexibility index (Phi) is 5.37. The molecule has 1 N–H and O–H groups in total. The number of aliphatic hydroxyl groups excluding tert-OH is 1. The van der Waals surface area contributed by atoms with Crippen molar-refractivity contribution >= 4 is 11.6 Å². The monoisotopic (exact) mass is 286 g/mol. The van der Waals surface area contributed by atoms with Gasteiger partial charge in [0.25, 0.3) is 0 Å². The van der Waals surface area contributed by atoms with Gasteiger partial charge in [0, 0.05) is 11.4 Å². The summed E-state index contributed by atoms with van der Waals surface area (Å²) >= 11 is 5.54. The predicted molar refractivity (Wildman–Crippen MR) is 58.0 cm³/mol. The average molecular weight is 287 g/mol. The Hall–Kier alpha value is -0.850. The SMILES string of the molecule is OC(COCC(F)(F)F)Cc1ccc(Cl)cc1F. The molecule has 0 spiro atoms. The van der Waals surface area contributed by atoms with E-state index in [1.165, 1.54) is 12.1 Å². The Morgan fingerprint density at radius 1 is 1.33 bits per heavy atom. The summed E-state index contributed by atoms with van der Waals surface area (Å²) in [6, 6.07) is 3.87. The lowest BCUT2D eigenvalue weighted by molar-refractivity contribution is -0.179. The Labute approximate surface area is 106 Å². The predicted octanol–water partition coefficient (Wildman–Crippen LogP) is 2.96. The van der Waals surface area contributed by atoms with Gasteiger partial charge in [0.2, 0.25) is 0 Å². The van der Waals surface area contributed by atoms with Crippen LogP contribution in [0.1, 0.15) is 5.56 Å². The fraction of sp³-hybridized carbons (Fsp3) is 0.455. The number of aliphatic hydroxyl groups is 1. The lowest BCUT2D eigenvalue weighted by Gasteiger charge is -2.13. The van der Waals surface area contributed by atoms with Crippen molar-refractivity contribution in [1.82, 2.24) is 0 Å². The smallest absolute Gasteiger partial charge is 0.390 e. The zero-order valence-electron chi connectivity index (χ0n) is 9.18. The second-order valence-electron chi connectivity index (χ2n) is 3.72. The normalized spacial score (nSPS) is 13.7. The molecule has 0 amide bonds. The van der Waals surface area contributed by atoms with Crippen molar-refractivity contribution < 1.29 is 27.4 Å². The van der Waals surface area contributed by atoms with Gasteiger partial charge < -0.3 is 9.84 Å². The molecule has 102 valence electrons. The molecule has 7 heteroatoms. The topological polar surface area (TPSA) is 29.5 Å². The second-order valence-corrected chi connectivity index (χ2v) is 4.16. The summed E-state index contributed by atoms with van der Waals surface area (Å²) in [6.45, 7) is -1.95. The first-order chi connectivity index (χ1) is 8.28. The van der Waals surface area contributed by atoms with Gasteiger partial charge >= 0.3 is 6.18 Å². The summed E-state index contributed by atoms with van der Waals surface area (Å²) in [4.78, 5) is 0. The van der Waals surface area contributed by atoms with E-state index in [0.717, 1.165) is 6.07 Å². The molecule has 1 aromatic carbocycles. The van der Waals surface area contributed by atoms with Gasteiger partial charge in [-0.25, -0.2) is 4.39 Å². The number of alkyl halides is 3. The molecule has 0 bridgehead atoms. The summed E-state index contributed by atoms with van der Waals surface area (Å²) < 4.78 is 52.9. The Morgan fingerprint density at radius 3 is 2.56 bits per heavy atom. The van der Waals surface area contributed by atoms with Crippen LogP contribution in [0, 0.1) is 5.82 Å².